The number of sulfonamides is 1. The summed E-state index contributed by atoms with van der Waals surface area (Å²) in [6.07, 6.45) is -2.60. The van der Waals surface area contributed by atoms with E-state index < -0.39 is 23.0 Å². The first-order valence-electron chi connectivity index (χ1n) is 5.79. The molecule has 0 aliphatic carbocycles. The van der Waals surface area contributed by atoms with E-state index in [0.29, 0.717) is 0 Å². The first-order valence-corrected chi connectivity index (χ1v) is 7.27. The fourth-order valence-corrected chi connectivity index (χ4v) is 2.47. The van der Waals surface area contributed by atoms with E-state index in [0.717, 1.165) is 0 Å². The minimum atomic E-state index is -3.64. The highest BCUT2D eigenvalue weighted by atomic mass is 32.2. The van der Waals surface area contributed by atoms with Gasteiger partial charge in [-0.1, -0.05) is 0 Å². The van der Waals surface area contributed by atoms with Gasteiger partial charge in [0.25, 0.3) is 6.43 Å². The Bertz CT molecular complexity index is 552. The van der Waals surface area contributed by atoms with Crippen molar-refractivity contribution in [3.63, 3.8) is 0 Å². The van der Waals surface area contributed by atoms with Crippen LogP contribution in [0.2, 0.25) is 0 Å². The SMILES string of the molecule is CNS(=O)(=O)c1ccc(N(CCO)CC(F)F)c(N)c1. The number of rotatable bonds is 7. The molecule has 1 aromatic carbocycles. The van der Waals surface area contributed by atoms with Crippen molar-refractivity contribution in [2.24, 2.45) is 0 Å². The molecule has 0 fully saturated rings. The van der Waals surface area contributed by atoms with E-state index in [1.165, 1.54) is 30.1 Å². The van der Waals surface area contributed by atoms with Crippen molar-refractivity contribution in [2.45, 2.75) is 11.3 Å². The van der Waals surface area contributed by atoms with E-state index in [4.69, 9.17) is 10.8 Å². The Morgan fingerprint density at radius 3 is 2.55 bits per heavy atom. The van der Waals surface area contributed by atoms with Gasteiger partial charge in [0, 0.05) is 6.54 Å². The molecule has 6 nitrogen and oxygen atoms in total. The van der Waals surface area contributed by atoms with Crippen molar-refractivity contribution in [3.05, 3.63) is 18.2 Å². The van der Waals surface area contributed by atoms with Crippen LogP contribution >= 0.6 is 0 Å². The summed E-state index contributed by atoms with van der Waals surface area (Å²) >= 11 is 0. The first kappa shape index (κ1) is 16.6. The quantitative estimate of drug-likeness (QED) is 0.627. The third-order valence-corrected chi connectivity index (χ3v) is 4.06. The van der Waals surface area contributed by atoms with Crippen LogP contribution in [-0.2, 0) is 10.0 Å². The number of anilines is 2. The predicted molar refractivity (Wildman–Crippen MR) is 72.4 cm³/mol. The maximum Gasteiger partial charge on any atom is 0.255 e. The number of nitrogen functional groups attached to an aromatic ring is 1. The van der Waals surface area contributed by atoms with E-state index >= 15 is 0 Å². The predicted octanol–water partition coefficient (Wildman–Crippen LogP) is 0.241. The van der Waals surface area contributed by atoms with Crippen molar-refractivity contribution in [3.8, 4) is 0 Å². The minimum absolute atomic E-state index is 0.0212. The van der Waals surface area contributed by atoms with Crippen LogP contribution in [0.3, 0.4) is 0 Å². The van der Waals surface area contributed by atoms with Gasteiger partial charge in [0.1, 0.15) is 0 Å². The van der Waals surface area contributed by atoms with Crippen molar-refractivity contribution in [2.75, 3.05) is 37.4 Å². The largest absolute Gasteiger partial charge is 0.397 e. The number of benzene rings is 1. The summed E-state index contributed by atoms with van der Waals surface area (Å²) in [6, 6.07) is 3.81. The number of nitrogens with one attached hydrogen (secondary N) is 1. The molecule has 1 aromatic rings. The molecule has 0 saturated heterocycles. The van der Waals surface area contributed by atoms with Crippen LogP contribution in [0.4, 0.5) is 20.2 Å². The molecular formula is C11H17F2N3O3S. The number of hydrogen-bond acceptors (Lipinski definition) is 5. The summed E-state index contributed by atoms with van der Waals surface area (Å²) < 4.78 is 50.3. The Labute approximate surface area is 116 Å². The van der Waals surface area contributed by atoms with Gasteiger partial charge in [-0.3, -0.25) is 0 Å². The van der Waals surface area contributed by atoms with Gasteiger partial charge < -0.3 is 15.7 Å². The molecule has 0 spiro atoms. The van der Waals surface area contributed by atoms with E-state index in [9.17, 15) is 17.2 Å². The summed E-state index contributed by atoms with van der Waals surface area (Å²) in [6.45, 7) is -0.932. The van der Waals surface area contributed by atoms with E-state index in [-0.39, 0.29) is 29.4 Å². The van der Waals surface area contributed by atoms with Crippen LogP contribution in [0, 0.1) is 0 Å². The molecule has 0 atom stereocenters. The molecule has 0 aliphatic rings. The molecule has 20 heavy (non-hydrogen) atoms. The number of aliphatic hydroxyl groups is 1. The average Bonchev–Trinajstić information content (AvgIpc) is 2.37. The van der Waals surface area contributed by atoms with Gasteiger partial charge in [0.05, 0.1) is 29.4 Å². The molecular weight excluding hydrogens is 292 g/mol. The average molecular weight is 309 g/mol. The second-order valence-electron chi connectivity index (χ2n) is 3.99. The van der Waals surface area contributed by atoms with Gasteiger partial charge in [-0.15, -0.1) is 0 Å². The molecule has 0 unspecified atom stereocenters. The van der Waals surface area contributed by atoms with Crippen molar-refractivity contribution >= 4 is 21.4 Å². The van der Waals surface area contributed by atoms with Crippen LogP contribution in [0.1, 0.15) is 0 Å². The number of halogens is 2. The second-order valence-corrected chi connectivity index (χ2v) is 5.88. The summed E-state index contributed by atoms with van der Waals surface area (Å²) in [4.78, 5) is 1.15. The van der Waals surface area contributed by atoms with Gasteiger partial charge in [-0.05, 0) is 25.2 Å². The minimum Gasteiger partial charge on any atom is -0.397 e. The highest BCUT2D eigenvalue weighted by molar-refractivity contribution is 7.89. The highest BCUT2D eigenvalue weighted by Crippen LogP contribution is 2.26. The Morgan fingerprint density at radius 1 is 1.45 bits per heavy atom. The molecule has 0 aliphatic heterocycles. The van der Waals surface area contributed by atoms with Gasteiger partial charge in [-0.25, -0.2) is 21.9 Å². The van der Waals surface area contributed by atoms with Gasteiger partial charge >= 0.3 is 0 Å². The zero-order chi connectivity index (χ0) is 15.3. The molecule has 0 amide bonds. The third kappa shape index (κ3) is 4.02. The molecule has 1 rings (SSSR count). The molecule has 0 radical (unpaired) electrons. The summed E-state index contributed by atoms with van der Waals surface area (Å²) in [5.74, 6) is 0. The zero-order valence-corrected chi connectivity index (χ0v) is 11.7. The van der Waals surface area contributed by atoms with Crippen LogP contribution in [0.5, 0.6) is 0 Å². The normalized spacial score (nSPS) is 11.8. The Morgan fingerprint density at radius 2 is 2.10 bits per heavy atom. The van der Waals surface area contributed by atoms with Crippen molar-refractivity contribution in [1.29, 1.82) is 0 Å². The maximum absolute atomic E-state index is 12.5. The lowest BCUT2D eigenvalue weighted by Crippen LogP contribution is -2.32. The third-order valence-electron chi connectivity index (χ3n) is 2.65. The summed E-state index contributed by atoms with van der Waals surface area (Å²) in [5.41, 5.74) is 6.03. The number of alkyl halides is 2. The first-order chi connectivity index (χ1) is 9.31. The smallest absolute Gasteiger partial charge is 0.255 e. The summed E-state index contributed by atoms with van der Waals surface area (Å²) in [5, 5.41) is 8.89. The van der Waals surface area contributed by atoms with Gasteiger partial charge in [0.2, 0.25) is 10.0 Å². The molecule has 9 heteroatoms. The fraction of sp³-hybridized carbons (Fsp3) is 0.455. The number of nitrogens with zero attached hydrogens (tertiary/aromatic N) is 1. The second kappa shape index (κ2) is 6.82. The number of nitrogens with two attached hydrogens (primary N) is 1. The van der Waals surface area contributed by atoms with Gasteiger partial charge in [0.15, 0.2) is 0 Å². The lowest BCUT2D eigenvalue weighted by molar-refractivity contribution is 0.153. The fourth-order valence-electron chi connectivity index (χ4n) is 1.70. The highest BCUT2D eigenvalue weighted by Gasteiger charge is 2.18. The molecule has 0 bridgehead atoms. The molecule has 114 valence electrons. The number of hydrogen-bond donors (Lipinski definition) is 3. The topological polar surface area (TPSA) is 95.7 Å². The molecule has 4 N–H and O–H groups in total. The van der Waals surface area contributed by atoms with Crippen LogP contribution in [0.25, 0.3) is 0 Å². The Hall–Kier alpha value is -1.45. The van der Waals surface area contributed by atoms with Crippen LogP contribution in [0.15, 0.2) is 23.1 Å². The zero-order valence-electron chi connectivity index (χ0n) is 10.9. The standard InChI is InChI=1S/C11H17F2N3O3S/c1-15-20(18,19)8-2-3-10(9(14)6-8)16(4-5-17)7-11(12)13/h2-3,6,11,15,17H,4-5,7,14H2,1H3. The maximum atomic E-state index is 12.5. The van der Waals surface area contributed by atoms with E-state index in [2.05, 4.69) is 4.72 Å². The van der Waals surface area contributed by atoms with E-state index in [1.54, 1.807) is 0 Å². The molecule has 0 saturated carbocycles. The molecule has 0 aromatic heterocycles. The van der Waals surface area contributed by atoms with Crippen LogP contribution in [-0.4, -0.2) is 46.7 Å². The van der Waals surface area contributed by atoms with Crippen LogP contribution < -0.4 is 15.4 Å². The monoisotopic (exact) mass is 309 g/mol. The van der Waals surface area contributed by atoms with Crippen molar-refractivity contribution < 1.29 is 22.3 Å². The molecule has 0 heterocycles. The summed E-state index contributed by atoms with van der Waals surface area (Å²) in [7, 11) is -2.39. The van der Waals surface area contributed by atoms with Gasteiger partial charge in [-0.2, -0.15) is 0 Å². The van der Waals surface area contributed by atoms with Crippen molar-refractivity contribution in [1.82, 2.24) is 4.72 Å². The van der Waals surface area contributed by atoms with E-state index in [1.807, 2.05) is 0 Å². The lowest BCUT2D eigenvalue weighted by Gasteiger charge is -2.25. The Kier molecular flexibility index (Phi) is 5.66. The lowest BCUT2D eigenvalue weighted by atomic mass is 10.2. The number of aliphatic hydroxyl groups excluding tert-OH is 1. The Balaban J connectivity index is 3.13.